The maximum Gasteiger partial charge on any atom is 0.409 e. The van der Waals surface area contributed by atoms with Crippen LogP contribution in [-0.4, -0.2) is 73.8 Å². The molecule has 1 aliphatic rings. The topological polar surface area (TPSA) is 83.2 Å². The average molecular weight is 469 g/mol. The largest absolute Gasteiger partial charge is 0.450 e. The number of ether oxygens (including phenoxy) is 1. The Morgan fingerprint density at radius 2 is 1.88 bits per heavy atom. The molecule has 0 saturated carbocycles. The Hall–Kier alpha value is -0.770. The summed E-state index contributed by atoms with van der Waals surface area (Å²) in [6.07, 6.45) is 3.73. The molecule has 0 aromatic heterocycles. The van der Waals surface area contributed by atoms with Crippen LogP contribution in [0, 0.1) is 0 Å². The van der Waals surface area contributed by atoms with Gasteiger partial charge in [-0.15, -0.1) is 24.0 Å². The number of hydrogen-bond acceptors (Lipinski definition) is 4. The van der Waals surface area contributed by atoms with E-state index in [0.717, 1.165) is 51.9 Å². The molecule has 0 spiro atoms. The van der Waals surface area contributed by atoms with Crippen LogP contribution in [0.3, 0.4) is 0 Å². The molecule has 148 valence electrons. The Bertz CT molecular complexity index is 383. The number of nitrogens with zero attached hydrogens (tertiary/aromatic N) is 3. The highest BCUT2D eigenvalue weighted by molar-refractivity contribution is 14.0. The number of hydrogen-bond donors (Lipinski definition) is 2. The van der Waals surface area contributed by atoms with E-state index in [1.165, 1.54) is 0 Å². The number of guanidine groups is 1. The van der Waals surface area contributed by atoms with Crippen LogP contribution in [0.25, 0.3) is 0 Å². The molecule has 0 bridgehead atoms. The van der Waals surface area contributed by atoms with Gasteiger partial charge in [0.1, 0.15) is 0 Å². The lowest BCUT2D eigenvalue weighted by molar-refractivity contribution is 0.0963. The molecule has 1 aliphatic heterocycles. The Morgan fingerprint density at radius 3 is 2.44 bits per heavy atom. The van der Waals surface area contributed by atoms with E-state index in [0.29, 0.717) is 25.7 Å². The standard InChI is InChI=1S/C17H35N5O2.HI/c1-4-21(5-2)12-8-7-11-19-16(18)20-15-9-13-22(14-10-15)17(23)24-6-3;/h15H,4-14H2,1-3H3,(H3,18,19,20);1H. The van der Waals surface area contributed by atoms with Crippen molar-refractivity contribution in [3.8, 4) is 0 Å². The summed E-state index contributed by atoms with van der Waals surface area (Å²) in [6.45, 7) is 12.1. The van der Waals surface area contributed by atoms with E-state index >= 15 is 0 Å². The molecule has 0 radical (unpaired) electrons. The molecular weight excluding hydrogens is 433 g/mol. The van der Waals surface area contributed by atoms with Gasteiger partial charge >= 0.3 is 6.09 Å². The third-order valence-electron chi connectivity index (χ3n) is 4.43. The van der Waals surface area contributed by atoms with E-state index in [-0.39, 0.29) is 36.1 Å². The predicted octanol–water partition coefficient (Wildman–Crippen LogP) is 2.25. The molecule has 0 aliphatic carbocycles. The van der Waals surface area contributed by atoms with Crippen molar-refractivity contribution in [2.45, 2.75) is 52.5 Å². The summed E-state index contributed by atoms with van der Waals surface area (Å²) in [5, 5.41) is 3.27. The van der Waals surface area contributed by atoms with Crippen molar-refractivity contribution in [3.63, 3.8) is 0 Å². The smallest absolute Gasteiger partial charge is 0.409 e. The predicted molar refractivity (Wildman–Crippen MR) is 114 cm³/mol. The molecule has 1 fully saturated rings. The second kappa shape index (κ2) is 14.4. The molecule has 1 heterocycles. The lowest BCUT2D eigenvalue weighted by atomic mass is 10.1. The highest BCUT2D eigenvalue weighted by Crippen LogP contribution is 2.11. The number of carbonyl (C=O) groups excluding carboxylic acids is 1. The fourth-order valence-corrected chi connectivity index (χ4v) is 2.86. The number of likely N-dealkylation sites (tertiary alicyclic amines) is 1. The number of nitrogens with one attached hydrogen (secondary N) is 1. The van der Waals surface area contributed by atoms with Gasteiger partial charge in [0.15, 0.2) is 5.96 Å². The van der Waals surface area contributed by atoms with E-state index in [1.54, 1.807) is 4.90 Å². The number of unbranched alkanes of at least 4 members (excludes halogenated alkanes) is 1. The van der Waals surface area contributed by atoms with Crippen LogP contribution >= 0.6 is 24.0 Å². The summed E-state index contributed by atoms with van der Waals surface area (Å²) >= 11 is 0. The van der Waals surface area contributed by atoms with Crippen molar-refractivity contribution in [1.29, 1.82) is 0 Å². The fraction of sp³-hybridized carbons (Fsp3) is 0.882. The summed E-state index contributed by atoms with van der Waals surface area (Å²) in [5.74, 6) is 0.521. The van der Waals surface area contributed by atoms with Gasteiger partial charge in [-0.3, -0.25) is 4.99 Å². The molecule has 0 aromatic carbocycles. The van der Waals surface area contributed by atoms with Crippen molar-refractivity contribution in [2.75, 3.05) is 45.9 Å². The Labute approximate surface area is 169 Å². The molecule has 1 amide bonds. The molecule has 0 atom stereocenters. The summed E-state index contributed by atoms with van der Waals surface area (Å²) in [4.78, 5) is 20.2. The van der Waals surface area contributed by atoms with Crippen molar-refractivity contribution in [2.24, 2.45) is 10.7 Å². The van der Waals surface area contributed by atoms with Gasteiger partial charge < -0.3 is 25.6 Å². The normalized spacial score (nSPS) is 15.8. The van der Waals surface area contributed by atoms with Crippen LogP contribution in [0.4, 0.5) is 4.79 Å². The fourth-order valence-electron chi connectivity index (χ4n) is 2.86. The summed E-state index contributed by atoms with van der Waals surface area (Å²) in [7, 11) is 0. The van der Waals surface area contributed by atoms with E-state index < -0.39 is 0 Å². The summed E-state index contributed by atoms with van der Waals surface area (Å²) in [6, 6.07) is 0.287. The Morgan fingerprint density at radius 1 is 1.24 bits per heavy atom. The van der Waals surface area contributed by atoms with Crippen molar-refractivity contribution in [1.82, 2.24) is 15.1 Å². The second-order valence-corrected chi connectivity index (χ2v) is 6.11. The van der Waals surface area contributed by atoms with E-state index in [2.05, 4.69) is 29.1 Å². The number of aliphatic imine (C=N–C) groups is 1. The van der Waals surface area contributed by atoms with Gasteiger partial charge in [0.2, 0.25) is 0 Å². The molecule has 7 nitrogen and oxygen atoms in total. The summed E-state index contributed by atoms with van der Waals surface area (Å²) in [5.41, 5.74) is 5.96. The van der Waals surface area contributed by atoms with Gasteiger partial charge in [0, 0.05) is 25.7 Å². The molecule has 3 N–H and O–H groups in total. The van der Waals surface area contributed by atoms with Gasteiger partial charge in [0.25, 0.3) is 0 Å². The first-order valence-electron chi connectivity index (χ1n) is 9.31. The zero-order valence-corrected chi connectivity index (χ0v) is 18.3. The van der Waals surface area contributed by atoms with E-state index in [1.807, 2.05) is 6.92 Å². The molecule has 0 unspecified atom stereocenters. The SMILES string of the molecule is CCOC(=O)N1CCC(NC(N)=NCCCCN(CC)CC)CC1.I. The van der Waals surface area contributed by atoms with Crippen LogP contribution in [0.1, 0.15) is 46.5 Å². The van der Waals surface area contributed by atoms with Crippen LogP contribution < -0.4 is 11.1 Å². The third kappa shape index (κ3) is 10.1. The highest BCUT2D eigenvalue weighted by atomic mass is 127. The van der Waals surface area contributed by atoms with Gasteiger partial charge in [0.05, 0.1) is 6.61 Å². The Balaban J connectivity index is 0.00000576. The highest BCUT2D eigenvalue weighted by Gasteiger charge is 2.23. The average Bonchev–Trinajstić information content (AvgIpc) is 2.59. The quantitative estimate of drug-likeness (QED) is 0.234. The number of amides is 1. The van der Waals surface area contributed by atoms with Crippen LogP contribution in [0.15, 0.2) is 4.99 Å². The molecule has 8 heteroatoms. The van der Waals surface area contributed by atoms with Gasteiger partial charge in [-0.25, -0.2) is 4.79 Å². The number of nitrogens with two attached hydrogens (primary N) is 1. The van der Waals surface area contributed by atoms with Crippen LogP contribution in [-0.2, 0) is 4.74 Å². The first kappa shape index (κ1) is 24.2. The molecule has 1 saturated heterocycles. The van der Waals surface area contributed by atoms with Crippen LogP contribution in [0.2, 0.25) is 0 Å². The van der Waals surface area contributed by atoms with E-state index in [9.17, 15) is 4.79 Å². The van der Waals surface area contributed by atoms with Gasteiger partial charge in [-0.2, -0.15) is 0 Å². The monoisotopic (exact) mass is 469 g/mol. The van der Waals surface area contributed by atoms with Gasteiger partial charge in [-0.05, 0) is 52.2 Å². The van der Waals surface area contributed by atoms with E-state index in [4.69, 9.17) is 10.5 Å². The first-order chi connectivity index (χ1) is 11.6. The number of halogens is 1. The van der Waals surface area contributed by atoms with Crippen LogP contribution in [0.5, 0.6) is 0 Å². The lowest BCUT2D eigenvalue weighted by Gasteiger charge is -2.31. The lowest BCUT2D eigenvalue weighted by Crippen LogP contribution is -2.48. The minimum atomic E-state index is -0.217. The Kier molecular flexibility index (Phi) is 14.0. The molecule has 0 aromatic rings. The minimum absolute atomic E-state index is 0. The minimum Gasteiger partial charge on any atom is -0.450 e. The van der Waals surface area contributed by atoms with Gasteiger partial charge in [-0.1, -0.05) is 13.8 Å². The third-order valence-corrected chi connectivity index (χ3v) is 4.43. The zero-order valence-electron chi connectivity index (χ0n) is 16.0. The first-order valence-corrected chi connectivity index (χ1v) is 9.31. The number of rotatable bonds is 9. The van der Waals surface area contributed by atoms with Crippen molar-refractivity contribution in [3.05, 3.63) is 0 Å². The second-order valence-electron chi connectivity index (χ2n) is 6.11. The summed E-state index contributed by atoms with van der Waals surface area (Å²) < 4.78 is 5.02. The molecule has 25 heavy (non-hydrogen) atoms. The number of piperidine rings is 1. The molecular formula is C17H36IN5O2. The maximum atomic E-state index is 11.7. The zero-order chi connectivity index (χ0) is 17.8. The van der Waals surface area contributed by atoms with Crippen molar-refractivity contribution >= 4 is 36.0 Å². The maximum absolute atomic E-state index is 11.7. The molecule has 1 rings (SSSR count). The van der Waals surface area contributed by atoms with Crippen molar-refractivity contribution < 1.29 is 9.53 Å². The number of carbonyl (C=O) groups is 1.